The van der Waals surface area contributed by atoms with Gasteiger partial charge >= 0.3 is 0 Å². The molecule has 1 unspecified atom stereocenters. The molecule has 0 aliphatic rings. The molecule has 108 valence electrons. The van der Waals surface area contributed by atoms with E-state index in [0.29, 0.717) is 6.54 Å². The van der Waals surface area contributed by atoms with Crippen LogP contribution in [0.25, 0.3) is 0 Å². The fourth-order valence-corrected chi connectivity index (χ4v) is 2.35. The second-order valence-electron chi connectivity index (χ2n) is 5.77. The molecule has 0 spiro atoms. The lowest BCUT2D eigenvalue weighted by Gasteiger charge is -2.25. The Morgan fingerprint density at radius 3 is 2.42 bits per heavy atom. The Bertz CT molecular complexity index is 462. The Labute approximate surface area is 115 Å². The van der Waals surface area contributed by atoms with Gasteiger partial charge in [0.25, 0.3) is 0 Å². The minimum atomic E-state index is -0.424. The van der Waals surface area contributed by atoms with Crippen LogP contribution in [0.15, 0.2) is 0 Å². The molecule has 1 heterocycles. The zero-order chi connectivity index (χ0) is 14.8. The second kappa shape index (κ2) is 5.74. The highest BCUT2D eigenvalue weighted by Gasteiger charge is 2.27. The summed E-state index contributed by atoms with van der Waals surface area (Å²) < 4.78 is 1.90. The van der Waals surface area contributed by atoms with Gasteiger partial charge < -0.3 is 10.6 Å². The van der Waals surface area contributed by atoms with Crippen molar-refractivity contribution in [2.75, 3.05) is 13.6 Å². The molecule has 0 saturated heterocycles. The Hall–Kier alpha value is -1.36. The van der Waals surface area contributed by atoms with E-state index in [1.165, 1.54) is 5.56 Å². The fraction of sp³-hybridized carbons (Fsp3) is 0.714. The Morgan fingerprint density at radius 1 is 1.42 bits per heavy atom. The quantitative estimate of drug-likeness (QED) is 0.848. The molecule has 1 amide bonds. The van der Waals surface area contributed by atoms with E-state index < -0.39 is 5.41 Å². The van der Waals surface area contributed by atoms with Crippen molar-refractivity contribution < 1.29 is 4.79 Å². The SMILES string of the molecule is CNC(=O)C(C)(C)CNC(C)c1c(C)nn(C)c1C. The van der Waals surface area contributed by atoms with Crippen molar-refractivity contribution in [1.82, 2.24) is 20.4 Å². The fourth-order valence-electron chi connectivity index (χ4n) is 2.35. The number of aromatic nitrogens is 2. The average molecular weight is 266 g/mol. The van der Waals surface area contributed by atoms with Crippen LogP contribution < -0.4 is 10.6 Å². The summed E-state index contributed by atoms with van der Waals surface area (Å²) in [5, 5.41) is 10.6. The summed E-state index contributed by atoms with van der Waals surface area (Å²) >= 11 is 0. The van der Waals surface area contributed by atoms with Crippen molar-refractivity contribution in [3.63, 3.8) is 0 Å². The molecule has 2 N–H and O–H groups in total. The molecule has 0 aliphatic heterocycles. The first-order valence-corrected chi connectivity index (χ1v) is 6.66. The largest absolute Gasteiger partial charge is 0.359 e. The van der Waals surface area contributed by atoms with E-state index in [-0.39, 0.29) is 11.9 Å². The van der Waals surface area contributed by atoms with Crippen LogP contribution in [0.3, 0.4) is 0 Å². The van der Waals surface area contributed by atoms with Crippen LogP contribution in [0, 0.1) is 19.3 Å². The predicted molar refractivity (Wildman–Crippen MR) is 76.9 cm³/mol. The number of carbonyl (C=O) groups excluding carboxylic acids is 1. The normalized spacial score (nSPS) is 13.4. The molecule has 0 radical (unpaired) electrons. The van der Waals surface area contributed by atoms with E-state index in [9.17, 15) is 4.79 Å². The van der Waals surface area contributed by atoms with Gasteiger partial charge in [-0.05, 0) is 34.6 Å². The predicted octanol–water partition coefficient (Wildman–Crippen LogP) is 1.46. The van der Waals surface area contributed by atoms with Crippen LogP contribution >= 0.6 is 0 Å². The molecule has 0 aromatic carbocycles. The van der Waals surface area contributed by atoms with E-state index in [1.54, 1.807) is 7.05 Å². The highest BCUT2D eigenvalue weighted by Crippen LogP contribution is 2.22. The van der Waals surface area contributed by atoms with Crippen LogP contribution in [-0.2, 0) is 11.8 Å². The first-order valence-electron chi connectivity index (χ1n) is 6.66. The number of nitrogens with one attached hydrogen (secondary N) is 2. The number of hydrogen-bond acceptors (Lipinski definition) is 3. The standard InChI is InChI=1S/C14H26N4O/c1-9(12-10(2)17-18(7)11(12)3)16-8-14(4,5)13(19)15-6/h9,16H,8H2,1-7H3,(H,15,19). The van der Waals surface area contributed by atoms with Gasteiger partial charge in [-0.3, -0.25) is 9.48 Å². The van der Waals surface area contributed by atoms with Gasteiger partial charge in [0, 0.05) is 37.9 Å². The van der Waals surface area contributed by atoms with Crippen molar-refractivity contribution in [3.8, 4) is 0 Å². The molecule has 19 heavy (non-hydrogen) atoms. The number of amides is 1. The molecule has 0 saturated carbocycles. The Balaban J connectivity index is 2.76. The molecule has 0 fully saturated rings. The van der Waals surface area contributed by atoms with Gasteiger partial charge in [0.15, 0.2) is 0 Å². The van der Waals surface area contributed by atoms with E-state index >= 15 is 0 Å². The molecule has 1 aromatic heterocycles. The van der Waals surface area contributed by atoms with Crippen molar-refractivity contribution >= 4 is 5.91 Å². The van der Waals surface area contributed by atoms with Gasteiger partial charge in [0.05, 0.1) is 11.1 Å². The first-order chi connectivity index (χ1) is 8.70. The topological polar surface area (TPSA) is 59.0 Å². The smallest absolute Gasteiger partial charge is 0.226 e. The lowest BCUT2D eigenvalue weighted by molar-refractivity contribution is -0.128. The number of nitrogens with zero attached hydrogens (tertiary/aromatic N) is 2. The van der Waals surface area contributed by atoms with E-state index in [0.717, 1.165) is 11.4 Å². The summed E-state index contributed by atoms with van der Waals surface area (Å²) in [7, 11) is 3.62. The summed E-state index contributed by atoms with van der Waals surface area (Å²) in [6, 6.07) is 0.178. The highest BCUT2D eigenvalue weighted by atomic mass is 16.2. The lowest BCUT2D eigenvalue weighted by atomic mass is 9.91. The van der Waals surface area contributed by atoms with Crippen LogP contribution in [-0.4, -0.2) is 29.3 Å². The van der Waals surface area contributed by atoms with Crippen molar-refractivity contribution in [3.05, 3.63) is 17.0 Å². The third-order valence-corrected chi connectivity index (χ3v) is 3.69. The van der Waals surface area contributed by atoms with Gasteiger partial charge in [-0.25, -0.2) is 0 Å². The molecule has 5 heteroatoms. The highest BCUT2D eigenvalue weighted by molar-refractivity contribution is 5.81. The molecular formula is C14H26N4O. The van der Waals surface area contributed by atoms with E-state index in [1.807, 2.05) is 32.5 Å². The number of hydrogen-bond donors (Lipinski definition) is 2. The average Bonchev–Trinajstić information content (AvgIpc) is 2.59. The molecule has 1 atom stereocenters. The maximum atomic E-state index is 11.8. The monoisotopic (exact) mass is 266 g/mol. The third-order valence-electron chi connectivity index (χ3n) is 3.69. The van der Waals surface area contributed by atoms with Crippen LogP contribution in [0.2, 0.25) is 0 Å². The van der Waals surface area contributed by atoms with Crippen LogP contribution in [0.5, 0.6) is 0 Å². The third kappa shape index (κ3) is 3.35. The Morgan fingerprint density at radius 2 is 2.00 bits per heavy atom. The zero-order valence-corrected chi connectivity index (χ0v) is 13.1. The lowest BCUT2D eigenvalue weighted by Crippen LogP contribution is -2.42. The maximum Gasteiger partial charge on any atom is 0.226 e. The van der Waals surface area contributed by atoms with Gasteiger partial charge in [-0.15, -0.1) is 0 Å². The minimum absolute atomic E-state index is 0.0480. The molecule has 5 nitrogen and oxygen atoms in total. The summed E-state index contributed by atoms with van der Waals surface area (Å²) in [5.41, 5.74) is 3.00. The van der Waals surface area contributed by atoms with Gasteiger partial charge in [0.1, 0.15) is 0 Å². The molecule has 0 aliphatic carbocycles. The summed E-state index contributed by atoms with van der Waals surface area (Å²) in [6.45, 7) is 10.7. The van der Waals surface area contributed by atoms with Crippen molar-refractivity contribution in [2.45, 2.75) is 40.7 Å². The second-order valence-corrected chi connectivity index (χ2v) is 5.77. The molecule has 1 aromatic rings. The van der Waals surface area contributed by atoms with Gasteiger partial charge in [-0.2, -0.15) is 5.10 Å². The molecule has 1 rings (SSSR count). The summed E-state index contributed by atoms with van der Waals surface area (Å²) in [6.07, 6.45) is 0. The maximum absolute atomic E-state index is 11.8. The number of aryl methyl sites for hydroxylation is 2. The molecule has 0 bridgehead atoms. The number of carbonyl (C=O) groups is 1. The van der Waals surface area contributed by atoms with Crippen molar-refractivity contribution in [2.24, 2.45) is 12.5 Å². The summed E-state index contributed by atoms with van der Waals surface area (Å²) in [4.78, 5) is 11.8. The Kier molecular flexibility index (Phi) is 4.74. The van der Waals surface area contributed by atoms with E-state index in [2.05, 4.69) is 29.6 Å². The summed E-state index contributed by atoms with van der Waals surface area (Å²) in [5.74, 6) is 0.0480. The zero-order valence-electron chi connectivity index (χ0n) is 13.1. The molecular weight excluding hydrogens is 240 g/mol. The minimum Gasteiger partial charge on any atom is -0.359 e. The van der Waals surface area contributed by atoms with Crippen LogP contribution in [0.4, 0.5) is 0 Å². The first kappa shape index (κ1) is 15.7. The van der Waals surface area contributed by atoms with Crippen molar-refractivity contribution in [1.29, 1.82) is 0 Å². The van der Waals surface area contributed by atoms with Crippen LogP contribution in [0.1, 0.15) is 43.8 Å². The van der Waals surface area contributed by atoms with Gasteiger partial charge in [-0.1, -0.05) is 0 Å². The van der Waals surface area contributed by atoms with E-state index in [4.69, 9.17) is 0 Å². The number of rotatable bonds is 5. The van der Waals surface area contributed by atoms with Gasteiger partial charge in [0.2, 0.25) is 5.91 Å².